The summed E-state index contributed by atoms with van der Waals surface area (Å²) in [5.74, 6) is 0. The first-order valence-electron chi connectivity index (χ1n) is 17.3. The number of benzene rings is 7. The monoisotopic (exact) mass is 693 g/mol. The molecule has 9 aromatic rings. The van der Waals surface area contributed by atoms with Crippen molar-refractivity contribution >= 4 is 32.7 Å². The highest BCUT2D eigenvalue weighted by molar-refractivity contribution is 6.24. The molecule has 0 atom stereocenters. The zero-order valence-electron chi connectivity index (χ0n) is 28.6. The van der Waals surface area contributed by atoms with E-state index in [0.29, 0.717) is 16.7 Å². The molecule has 0 aliphatic rings. The highest BCUT2D eigenvalue weighted by Gasteiger charge is 2.31. The van der Waals surface area contributed by atoms with Crippen LogP contribution in [-0.2, 0) is 6.18 Å². The maximum atomic E-state index is 13.7. The molecule has 3 nitrogen and oxygen atoms in total. The van der Waals surface area contributed by atoms with Crippen LogP contribution in [0, 0.1) is 6.92 Å². The third kappa shape index (κ3) is 5.88. The van der Waals surface area contributed by atoms with Crippen molar-refractivity contribution in [2.75, 3.05) is 0 Å². The lowest BCUT2D eigenvalue weighted by Crippen LogP contribution is -2.05. The fraction of sp³-hybridized carbons (Fsp3) is 0.0426. The average Bonchev–Trinajstić information content (AvgIpc) is 3.20. The van der Waals surface area contributed by atoms with Crippen molar-refractivity contribution in [1.82, 2.24) is 15.0 Å². The largest absolute Gasteiger partial charge is 0.416 e. The van der Waals surface area contributed by atoms with Gasteiger partial charge in [0.15, 0.2) is 0 Å². The summed E-state index contributed by atoms with van der Waals surface area (Å²) >= 11 is 0. The minimum atomic E-state index is -4.43. The van der Waals surface area contributed by atoms with E-state index in [-0.39, 0.29) is 0 Å². The van der Waals surface area contributed by atoms with Crippen LogP contribution in [0.3, 0.4) is 0 Å². The molecule has 0 N–H and O–H groups in total. The molecule has 6 heteroatoms. The second-order valence-electron chi connectivity index (χ2n) is 13.2. The number of fused-ring (bicyclic) bond motifs is 5. The standard InChI is InChI=1S/C47H30F3N3/c1-29-25-35(27-36(26-29)47(48,49)50)30-21-23-34(24-22-30)42-39-28-38(31-13-5-2-6-14-31)45-46(41(39)37-19-11-12-20-40(37)51-42)53-44(33-17-9-4-10-18-33)43(52-45)32-15-7-3-8-16-32/h2-28H,1H3. The maximum absolute atomic E-state index is 13.7. The molecule has 9 rings (SSSR count). The Morgan fingerprint density at radius 1 is 0.415 bits per heavy atom. The zero-order chi connectivity index (χ0) is 36.1. The van der Waals surface area contributed by atoms with Gasteiger partial charge in [-0.3, -0.25) is 0 Å². The number of alkyl halides is 3. The van der Waals surface area contributed by atoms with Crippen LogP contribution in [-0.4, -0.2) is 15.0 Å². The van der Waals surface area contributed by atoms with Gasteiger partial charge in [-0.25, -0.2) is 15.0 Å². The van der Waals surface area contributed by atoms with Crippen molar-refractivity contribution in [3.8, 4) is 56.0 Å². The van der Waals surface area contributed by atoms with E-state index in [1.165, 1.54) is 12.1 Å². The molecule has 0 fully saturated rings. The summed E-state index contributed by atoms with van der Waals surface area (Å²) in [5, 5.41) is 2.79. The molecule has 2 aromatic heterocycles. The van der Waals surface area contributed by atoms with Gasteiger partial charge in [0.1, 0.15) is 0 Å². The second kappa shape index (κ2) is 12.8. The Bertz CT molecular complexity index is 2800. The van der Waals surface area contributed by atoms with Crippen molar-refractivity contribution in [2.24, 2.45) is 0 Å². The molecular formula is C47H30F3N3. The van der Waals surface area contributed by atoms with E-state index in [1.807, 2.05) is 97.1 Å². The van der Waals surface area contributed by atoms with Crippen molar-refractivity contribution in [3.05, 3.63) is 175 Å². The number of rotatable bonds is 5. The normalized spacial score (nSPS) is 11.8. The van der Waals surface area contributed by atoms with E-state index in [2.05, 4.69) is 48.5 Å². The first-order chi connectivity index (χ1) is 25.8. The summed E-state index contributed by atoms with van der Waals surface area (Å²) in [7, 11) is 0. The van der Waals surface area contributed by atoms with Crippen molar-refractivity contribution < 1.29 is 13.2 Å². The number of para-hydroxylation sites is 1. The molecule has 0 spiro atoms. The van der Waals surface area contributed by atoms with Gasteiger partial charge in [0.2, 0.25) is 0 Å². The van der Waals surface area contributed by atoms with E-state index in [1.54, 1.807) is 13.0 Å². The molecule has 254 valence electrons. The Morgan fingerprint density at radius 3 is 1.57 bits per heavy atom. The Kier molecular flexibility index (Phi) is 7.81. The van der Waals surface area contributed by atoms with E-state index < -0.39 is 11.7 Å². The third-order valence-corrected chi connectivity index (χ3v) is 9.68. The van der Waals surface area contributed by atoms with Crippen LogP contribution in [0.5, 0.6) is 0 Å². The number of aryl methyl sites for hydroxylation is 1. The van der Waals surface area contributed by atoms with E-state index in [0.717, 1.165) is 77.6 Å². The molecule has 0 bridgehead atoms. The molecule has 0 amide bonds. The molecule has 0 radical (unpaired) electrons. The molecule has 2 heterocycles. The SMILES string of the molecule is Cc1cc(-c2ccc(-c3nc4ccccc4c4c3cc(-c3ccccc3)c3nc(-c5ccccc5)c(-c5ccccc5)nc34)cc2)cc(C(F)(F)F)c1. The van der Waals surface area contributed by atoms with Crippen molar-refractivity contribution in [2.45, 2.75) is 13.1 Å². The van der Waals surface area contributed by atoms with E-state index >= 15 is 0 Å². The van der Waals surface area contributed by atoms with Crippen LogP contribution in [0.15, 0.2) is 164 Å². The first-order valence-corrected chi connectivity index (χ1v) is 17.3. The molecule has 53 heavy (non-hydrogen) atoms. The minimum Gasteiger partial charge on any atom is -0.247 e. The summed E-state index contributed by atoms with van der Waals surface area (Å²) in [6.07, 6.45) is -4.43. The van der Waals surface area contributed by atoms with Gasteiger partial charge in [0, 0.05) is 38.4 Å². The topological polar surface area (TPSA) is 38.7 Å². The van der Waals surface area contributed by atoms with Crippen LogP contribution >= 0.6 is 0 Å². The predicted molar refractivity (Wildman–Crippen MR) is 209 cm³/mol. The van der Waals surface area contributed by atoms with Crippen LogP contribution in [0.25, 0.3) is 88.7 Å². The van der Waals surface area contributed by atoms with Crippen molar-refractivity contribution in [3.63, 3.8) is 0 Å². The maximum Gasteiger partial charge on any atom is 0.416 e. The lowest BCUT2D eigenvalue weighted by atomic mass is 9.92. The molecular weight excluding hydrogens is 664 g/mol. The number of pyridine rings is 1. The summed E-state index contributed by atoms with van der Waals surface area (Å²) in [4.78, 5) is 16.2. The molecule has 7 aromatic carbocycles. The van der Waals surface area contributed by atoms with Crippen LogP contribution < -0.4 is 0 Å². The van der Waals surface area contributed by atoms with Gasteiger partial charge in [-0.2, -0.15) is 13.2 Å². The van der Waals surface area contributed by atoms with Crippen LogP contribution in [0.1, 0.15) is 11.1 Å². The molecule has 0 aliphatic carbocycles. The average molecular weight is 694 g/mol. The van der Waals surface area contributed by atoms with Gasteiger partial charge in [0.25, 0.3) is 0 Å². The Labute approximate surface area is 304 Å². The highest BCUT2D eigenvalue weighted by atomic mass is 19.4. The summed E-state index contributed by atoms with van der Waals surface area (Å²) in [6, 6.07) is 52.5. The Morgan fingerprint density at radius 2 is 0.943 bits per heavy atom. The summed E-state index contributed by atoms with van der Waals surface area (Å²) in [6.45, 7) is 1.68. The van der Waals surface area contributed by atoms with Gasteiger partial charge in [-0.05, 0) is 53.4 Å². The number of aromatic nitrogens is 3. The fourth-order valence-electron chi connectivity index (χ4n) is 7.22. The van der Waals surface area contributed by atoms with Gasteiger partial charge >= 0.3 is 6.18 Å². The zero-order valence-corrected chi connectivity index (χ0v) is 28.6. The molecule has 0 saturated heterocycles. The summed E-state index contributed by atoms with van der Waals surface area (Å²) < 4.78 is 41.1. The van der Waals surface area contributed by atoms with Gasteiger partial charge < -0.3 is 0 Å². The van der Waals surface area contributed by atoms with Crippen molar-refractivity contribution in [1.29, 1.82) is 0 Å². The quantitative estimate of drug-likeness (QED) is 0.168. The first kappa shape index (κ1) is 32.3. The number of nitrogens with zero attached hydrogens (tertiary/aromatic N) is 3. The number of hydrogen-bond acceptors (Lipinski definition) is 3. The van der Waals surface area contributed by atoms with Gasteiger partial charge in [0.05, 0.1) is 39.2 Å². The smallest absolute Gasteiger partial charge is 0.247 e. The Balaban J connectivity index is 1.36. The highest BCUT2D eigenvalue weighted by Crippen LogP contribution is 2.43. The molecule has 0 aliphatic heterocycles. The predicted octanol–water partition coefficient (Wildman–Crippen LogP) is 13.0. The van der Waals surface area contributed by atoms with Gasteiger partial charge in [-0.1, -0.05) is 140 Å². The summed E-state index contributed by atoms with van der Waals surface area (Å²) in [5.41, 5.74) is 10.4. The Hall–Kier alpha value is -6.66. The molecule has 0 saturated carbocycles. The third-order valence-electron chi connectivity index (χ3n) is 9.68. The van der Waals surface area contributed by atoms with E-state index in [9.17, 15) is 13.2 Å². The minimum absolute atomic E-state index is 0.510. The second-order valence-corrected chi connectivity index (χ2v) is 13.2. The number of halogens is 3. The fourth-order valence-corrected chi connectivity index (χ4v) is 7.22. The lowest BCUT2D eigenvalue weighted by molar-refractivity contribution is -0.137. The van der Waals surface area contributed by atoms with Gasteiger partial charge in [-0.15, -0.1) is 0 Å². The van der Waals surface area contributed by atoms with Crippen LogP contribution in [0.2, 0.25) is 0 Å². The van der Waals surface area contributed by atoms with Crippen LogP contribution in [0.4, 0.5) is 13.2 Å². The van der Waals surface area contributed by atoms with E-state index in [4.69, 9.17) is 15.0 Å². The lowest BCUT2D eigenvalue weighted by Gasteiger charge is -2.18. The molecule has 0 unspecified atom stereocenters. The number of hydrogen-bond donors (Lipinski definition) is 0.